The number of fused-ring (bicyclic) bond motifs is 1. The Kier molecular flexibility index (Phi) is 4.13. The zero-order chi connectivity index (χ0) is 15.7. The lowest BCUT2D eigenvalue weighted by atomic mass is 9.81. The van der Waals surface area contributed by atoms with Crippen LogP contribution in [-0.2, 0) is 11.3 Å². The van der Waals surface area contributed by atoms with Crippen molar-refractivity contribution in [2.24, 2.45) is 11.3 Å². The Bertz CT molecular complexity index is 557. The second-order valence-corrected chi connectivity index (χ2v) is 6.99. The minimum atomic E-state index is -0.607. The molecule has 4 nitrogen and oxygen atoms in total. The molecule has 120 valence electrons. The first-order valence-electron chi connectivity index (χ1n) is 8.21. The van der Waals surface area contributed by atoms with Gasteiger partial charge in [-0.3, -0.25) is 9.69 Å². The highest BCUT2D eigenvalue weighted by atomic mass is 16.5. The fourth-order valence-electron chi connectivity index (χ4n) is 4.11. The minimum Gasteiger partial charge on any atom is -0.491 e. The highest BCUT2D eigenvalue weighted by molar-refractivity contribution is 5.76. The van der Waals surface area contributed by atoms with E-state index in [1.54, 1.807) is 0 Å². The van der Waals surface area contributed by atoms with Crippen LogP contribution in [-0.4, -0.2) is 35.2 Å². The van der Waals surface area contributed by atoms with Gasteiger partial charge in [0.1, 0.15) is 5.75 Å². The molecule has 0 spiro atoms. The number of rotatable bonds is 5. The van der Waals surface area contributed by atoms with Crippen molar-refractivity contribution in [3.8, 4) is 5.75 Å². The van der Waals surface area contributed by atoms with Crippen LogP contribution in [0.15, 0.2) is 24.3 Å². The fraction of sp³-hybridized carbons (Fsp3) is 0.611. The Morgan fingerprint density at radius 1 is 1.45 bits per heavy atom. The number of hydrogen-bond donors (Lipinski definition) is 1. The molecule has 1 aromatic rings. The van der Waals surface area contributed by atoms with E-state index < -0.39 is 11.4 Å². The van der Waals surface area contributed by atoms with Crippen LogP contribution in [0.25, 0.3) is 0 Å². The normalized spacial score (nSPS) is 28.0. The molecule has 0 bridgehead atoms. The van der Waals surface area contributed by atoms with E-state index in [4.69, 9.17) is 4.74 Å². The number of benzene rings is 1. The first-order chi connectivity index (χ1) is 10.5. The Balaban J connectivity index is 1.74. The standard InChI is InChI=1S/C18H25NO3/c1-13(2)22-16-8-4-3-6-14(16)10-19-11-15-7-5-9-18(15,12-19)17(20)21/h3-4,6,8,13,15H,5,7,9-12H2,1-2H3,(H,20,21)/t15-,18+/m0/s1. The van der Waals surface area contributed by atoms with Gasteiger partial charge < -0.3 is 9.84 Å². The molecular formula is C18H25NO3. The monoisotopic (exact) mass is 303 g/mol. The lowest BCUT2D eigenvalue weighted by Gasteiger charge is -2.24. The molecule has 1 aromatic carbocycles. The van der Waals surface area contributed by atoms with E-state index >= 15 is 0 Å². The number of carboxylic acids is 1. The van der Waals surface area contributed by atoms with Crippen LogP contribution >= 0.6 is 0 Å². The first kappa shape index (κ1) is 15.3. The van der Waals surface area contributed by atoms with Crippen molar-refractivity contribution >= 4 is 5.97 Å². The van der Waals surface area contributed by atoms with Crippen LogP contribution in [0.2, 0.25) is 0 Å². The maximum Gasteiger partial charge on any atom is 0.311 e. The van der Waals surface area contributed by atoms with Gasteiger partial charge in [0, 0.05) is 25.2 Å². The summed E-state index contributed by atoms with van der Waals surface area (Å²) in [5, 5.41) is 9.68. The predicted octanol–water partition coefficient (Wildman–Crippen LogP) is 3.16. The molecule has 1 saturated carbocycles. The highest BCUT2D eigenvalue weighted by Gasteiger charge is 2.54. The van der Waals surface area contributed by atoms with Crippen molar-refractivity contribution in [3.63, 3.8) is 0 Å². The van der Waals surface area contributed by atoms with Crippen molar-refractivity contribution in [2.45, 2.75) is 45.8 Å². The molecule has 22 heavy (non-hydrogen) atoms. The molecule has 1 saturated heterocycles. The molecule has 0 amide bonds. The van der Waals surface area contributed by atoms with Crippen LogP contribution in [0.3, 0.4) is 0 Å². The van der Waals surface area contributed by atoms with E-state index in [0.717, 1.165) is 43.7 Å². The number of carboxylic acid groups (broad SMARTS) is 1. The summed E-state index contributed by atoms with van der Waals surface area (Å²) in [4.78, 5) is 14.1. The Hall–Kier alpha value is -1.55. The number of carbonyl (C=O) groups is 1. The molecule has 1 aliphatic carbocycles. The van der Waals surface area contributed by atoms with Crippen molar-refractivity contribution in [2.75, 3.05) is 13.1 Å². The van der Waals surface area contributed by atoms with Crippen molar-refractivity contribution in [1.82, 2.24) is 4.90 Å². The van der Waals surface area contributed by atoms with E-state index in [0.29, 0.717) is 12.5 Å². The van der Waals surface area contributed by atoms with Gasteiger partial charge in [-0.05, 0) is 38.7 Å². The molecule has 1 N–H and O–H groups in total. The van der Waals surface area contributed by atoms with E-state index in [1.807, 2.05) is 32.0 Å². The molecule has 2 fully saturated rings. The number of hydrogen-bond acceptors (Lipinski definition) is 3. The number of para-hydroxylation sites is 1. The first-order valence-corrected chi connectivity index (χ1v) is 8.21. The summed E-state index contributed by atoms with van der Waals surface area (Å²) in [5.74, 6) is 0.617. The van der Waals surface area contributed by atoms with E-state index in [2.05, 4.69) is 11.0 Å². The summed E-state index contributed by atoms with van der Waals surface area (Å²) >= 11 is 0. The Labute approximate surface area is 132 Å². The fourth-order valence-corrected chi connectivity index (χ4v) is 4.11. The van der Waals surface area contributed by atoms with Crippen LogP contribution in [0.1, 0.15) is 38.7 Å². The SMILES string of the molecule is CC(C)Oc1ccccc1CN1C[C@@H]2CCC[C@@]2(C(=O)O)C1. The van der Waals surface area contributed by atoms with Crippen molar-refractivity contribution in [1.29, 1.82) is 0 Å². The summed E-state index contributed by atoms with van der Waals surface area (Å²) < 4.78 is 5.88. The molecule has 2 aliphatic rings. The van der Waals surface area contributed by atoms with E-state index in [1.165, 1.54) is 0 Å². The third kappa shape index (κ3) is 2.72. The van der Waals surface area contributed by atoms with Crippen LogP contribution < -0.4 is 4.74 Å². The van der Waals surface area contributed by atoms with Gasteiger partial charge in [-0.2, -0.15) is 0 Å². The van der Waals surface area contributed by atoms with Gasteiger partial charge in [-0.1, -0.05) is 24.6 Å². The van der Waals surface area contributed by atoms with E-state index in [9.17, 15) is 9.90 Å². The lowest BCUT2D eigenvalue weighted by Crippen LogP contribution is -2.35. The third-order valence-corrected chi connectivity index (χ3v) is 5.10. The van der Waals surface area contributed by atoms with Crippen LogP contribution in [0, 0.1) is 11.3 Å². The van der Waals surface area contributed by atoms with Gasteiger partial charge >= 0.3 is 5.97 Å². The molecule has 1 aliphatic heterocycles. The molecule has 0 aromatic heterocycles. The van der Waals surface area contributed by atoms with Gasteiger partial charge in [-0.15, -0.1) is 0 Å². The maximum atomic E-state index is 11.8. The van der Waals surface area contributed by atoms with E-state index in [-0.39, 0.29) is 6.10 Å². The van der Waals surface area contributed by atoms with Crippen LogP contribution in [0.5, 0.6) is 5.75 Å². The number of nitrogens with zero attached hydrogens (tertiary/aromatic N) is 1. The molecule has 0 unspecified atom stereocenters. The maximum absolute atomic E-state index is 11.8. The largest absolute Gasteiger partial charge is 0.491 e. The van der Waals surface area contributed by atoms with Crippen molar-refractivity contribution in [3.05, 3.63) is 29.8 Å². The van der Waals surface area contributed by atoms with Gasteiger partial charge in [0.2, 0.25) is 0 Å². The van der Waals surface area contributed by atoms with Gasteiger partial charge in [0.05, 0.1) is 11.5 Å². The summed E-state index contributed by atoms with van der Waals surface area (Å²) in [7, 11) is 0. The predicted molar refractivity (Wildman–Crippen MR) is 84.9 cm³/mol. The highest BCUT2D eigenvalue weighted by Crippen LogP contribution is 2.49. The molecule has 0 radical (unpaired) electrons. The topological polar surface area (TPSA) is 49.8 Å². The summed E-state index contributed by atoms with van der Waals surface area (Å²) in [6.07, 6.45) is 3.07. The molecule has 3 rings (SSSR count). The molecule has 2 atom stereocenters. The summed E-state index contributed by atoms with van der Waals surface area (Å²) in [6, 6.07) is 8.09. The number of ether oxygens (including phenoxy) is 1. The van der Waals surface area contributed by atoms with Gasteiger partial charge in [0.15, 0.2) is 0 Å². The van der Waals surface area contributed by atoms with Crippen molar-refractivity contribution < 1.29 is 14.6 Å². The zero-order valence-corrected chi connectivity index (χ0v) is 13.4. The average molecular weight is 303 g/mol. The second-order valence-electron chi connectivity index (χ2n) is 6.99. The minimum absolute atomic E-state index is 0.143. The van der Waals surface area contributed by atoms with Gasteiger partial charge in [0.25, 0.3) is 0 Å². The Morgan fingerprint density at radius 2 is 2.23 bits per heavy atom. The van der Waals surface area contributed by atoms with Crippen LogP contribution in [0.4, 0.5) is 0 Å². The molecular weight excluding hydrogens is 278 g/mol. The summed E-state index contributed by atoms with van der Waals surface area (Å²) in [5.41, 5.74) is 0.644. The third-order valence-electron chi connectivity index (χ3n) is 5.10. The molecule has 1 heterocycles. The second kappa shape index (κ2) is 5.92. The number of aliphatic carboxylic acids is 1. The smallest absolute Gasteiger partial charge is 0.311 e. The van der Waals surface area contributed by atoms with Gasteiger partial charge in [-0.25, -0.2) is 0 Å². The Morgan fingerprint density at radius 3 is 2.91 bits per heavy atom. The summed E-state index contributed by atoms with van der Waals surface area (Å²) in [6.45, 7) is 6.38. The zero-order valence-electron chi connectivity index (χ0n) is 13.4. The number of likely N-dealkylation sites (tertiary alicyclic amines) is 1. The average Bonchev–Trinajstić information content (AvgIpc) is 2.98. The quantitative estimate of drug-likeness (QED) is 0.908. The molecule has 4 heteroatoms. The lowest BCUT2D eigenvalue weighted by molar-refractivity contribution is -0.149.